The van der Waals surface area contributed by atoms with Crippen molar-refractivity contribution in [3.8, 4) is 17.1 Å². The van der Waals surface area contributed by atoms with Crippen molar-refractivity contribution in [2.24, 2.45) is 0 Å². The Morgan fingerprint density at radius 1 is 1.27 bits per heavy atom. The molecule has 2 atom stereocenters. The van der Waals surface area contributed by atoms with Crippen LogP contribution >= 0.6 is 0 Å². The van der Waals surface area contributed by atoms with E-state index in [2.05, 4.69) is 20.6 Å². The van der Waals surface area contributed by atoms with E-state index in [4.69, 9.17) is 4.74 Å². The fraction of sp³-hybridized carbons (Fsp3) is 0.368. The second-order valence-corrected chi connectivity index (χ2v) is 6.85. The molecule has 4 rings (SSSR count). The number of hydrogen-bond acceptors (Lipinski definition) is 5. The molecule has 0 amide bonds. The molecule has 1 aliphatic rings. The molecule has 0 aliphatic carbocycles. The smallest absolute Gasteiger partial charge is 0.272 e. The lowest BCUT2D eigenvalue weighted by atomic mass is 10.1. The van der Waals surface area contributed by atoms with Crippen molar-refractivity contribution in [1.29, 1.82) is 0 Å². The maximum atomic E-state index is 14.5. The zero-order valence-electron chi connectivity index (χ0n) is 15.6. The molecule has 30 heavy (non-hydrogen) atoms. The lowest BCUT2D eigenvalue weighted by Gasteiger charge is -2.28. The van der Waals surface area contributed by atoms with Crippen molar-refractivity contribution in [2.75, 3.05) is 25.0 Å². The standard InChI is InChI=1S/C19H18F5N5O/c20-11-1-3-25-7-14(11)27-19-13(22)6-12(21)18(28-19)15-8-26-17-5-10(2-4-29(15)17)30-9-16(23)24/h2,4-6,8,11,14,16,25H,1,3,7,9H2,(H,27,28)/t11-,14-/m0/s1. The van der Waals surface area contributed by atoms with Crippen LogP contribution in [0.5, 0.6) is 5.75 Å². The van der Waals surface area contributed by atoms with Crippen molar-refractivity contribution >= 4 is 11.5 Å². The Kier molecular flexibility index (Phi) is 5.71. The van der Waals surface area contributed by atoms with Crippen LogP contribution in [0.2, 0.25) is 0 Å². The van der Waals surface area contributed by atoms with Gasteiger partial charge in [-0.05, 0) is 19.0 Å². The minimum Gasteiger partial charge on any atom is -0.487 e. The Balaban J connectivity index is 1.65. The molecule has 3 aromatic rings. The molecule has 2 N–H and O–H groups in total. The highest BCUT2D eigenvalue weighted by molar-refractivity contribution is 5.63. The van der Waals surface area contributed by atoms with Gasteiger partial charge in [-0.3, -0.25) is 4.40 Å². The summed E-state index contributed by atoms with van der Waals surface area (Å²) in [6.45, 7) is 0.0409. The molecule has 0 saturated carbocycles. The summed E-state index contributed by atoms with van der Waals surface area (Å²) < 4.78 is 73.9. The maximum absolute atomic E-state index is 14.5. The summed E-state index contributed by atoms with van der Waals surface area (Å²) in [5, 5.41) is 5.71. The van der Waals surface area contributed by atoms with Crippen LogP contribution in [0.1, 0.15) is 6.42 Å². The van der Waals surface area contributed by atoms with Gasteiger partial charge in [0.1, 0.15) is 29.9 Å². The molecule has 11 heteroatoms. The molecule has 0 bridgehead atoms. The van der Waals surface area contributed by atoms with Crippen molar-refractivity contribution < 1.29 is 26.7 Å². The molecule has 0 spiro atoms. The first-order valence-electron chi connectivity index (χ1n) is 9.28. The molecule has 160 valence electrons. The SMILES string of the molecule is Fc1cc(F)c(-c2cnc3cc(OCC(F)F)ccn23)nc1N[C@H]1CNCC[C@@H]1F. The summed E-state index contributed by atoms with van der Waals surface area (Å²) in [6.07, 6.45) is -0.763. The van der Waals surface area contributed by atoms with Crippen LogP contribution in [0, 0.1) is 11.6 Å². The van der Waals surface area contributed by atoms with Gasteiger partial charge in [-0.2, -0.15) is 0 Å². The molecular formula is C19H18F5N5O. The number of hydrogen-bond donors (Lipinski definition) is 2. The maximum Gasteiger partial charge on any atom is 0.272 e. The number of imidazole rings is 1. The van der Waals surface area contributed by atoms with Gasteiger partial charge in [0.2, 0.25) is 0 Å². The molecule has 3 aromatic heterocycles. The Labute approximate surface area is 168 Å². The minimum atomic E-state index is -2.62. The first kappa shape index (κ1) is 20.3. The van der Waals surface area contributed by atoms with E-state index in [0.29, 0.717) is 18.3 Å². The van der Waals surface area contributed by atoms with Gasteiger partial charge < -0.3 is 15.4 Å². The summed E-state index contributed by atoms with van der Waals surface area (Å²) in [4.78, 5) is 8.14. The van der Waals surface area contributed by atoms with Gasteiger partial charge >= 0.3 is 0 Å². The van der Waals surface area contributed by atoms with Gasteiger partial charge in [0.15, 0.2) is 17.5 Å². The van der Waals surface area contributed by atoms with Crippen LogP contribution in [0.3, 0.4) is 0 Å². The van der Waals surface area contributed by atoms with Crippen LogP contribution in [0.15, 0.2) is 30.6 Å². The van der Waals surface area contributed by atoms with Gasteiger partial charge in [-0.25, -0.2) is 31.9 Å². The number of alkyl halides is 3. The largest absolute Gasteiger partial charge is 0.487 e. The van der Waals surface area contributed by atoms with Crippen LogP contribution in [0.4, 0.5) is 27.8 Å². The molecule has 0 radical (unpaired) electrons. The number of anilines is 1. The van der Waals surface area contributed by atoms with E-state index in [1.807, 2.05) is 0 Å². The monoisotopic (exact) mass is 427 g/mol. The lowest BCUT2D eigenvalue weighted by molar-refractivity contribution is 0.0819. The van der Waals surface area contributed by atoms with Crippen LogP contribution < -0.4 is 15.4 Å². The Bertz CT molecular complexity index is 1040. The number of ether oxygens (including phenoxy) is 1. The van der Waals surface area contributed by atoms with E-state index in [1.54, 1.807) is 0 Å². The third-order valence-corrected chi connectivity index (χ3v) is 4.75. The van der Waals surface area contributed by atoms with Gasteiger partial charge in [-0.1, -0.05) is 0 Å². The number of rotatable bonds is 6. The normalized spacial score (nSPS) is 19.4. The average molecular weight is 427 g/mol. The number of nitrogens with zero attached hydrogens (tertiary/aromatic N) is 3. The van der Waals surface area contributed by atoms with Crippen LogP contribution in [0.25, 0.3) is 17.0 Å². The topological polar surface area (TPSA) is 63.5 Å². The number of aromatic nitrogens is 3. The highest BCUT2D eigenvalue weighted by Gasteiger charge is 2.26. The number of pyridine rings is 2. The highest BCUT2D eigenvalue weighted by atomic mass is 19.3. The zero-order valence-corrected chi connectivity index (χ0v) is 15.6. The molecule has 6 nitrogen and oxygen atoms in total. The first-order chi connectivity index (χ1) is 14.4. The van der Waals surface area contributed by atoms with E-state index < -0.39 is 36.9 Å². The van der Waals surface area contributed by atoms with Gasteiger partial charge in [0, 0.05) is 24.9 Å². The third-order valence-electron chi connectivity index (χ3n) is 4.75. The van der Waals surface area contributed by atoms with E-state index in [9.17, 15) is 22.0 Å². The van der Waals surface area contributed by atoms with Crippen LogP contribution in [-0.4, -0.2) is 52.7 Å². The molecule has 0 unspecified atom stereocenters. The molecule has 4 heterocycles. The second kappa shape index (κ2) is 8.42. The summed E-state index contributed by atoms with van der Waals surface area (Å²) in [7, 11) is 0. The Hall–Kier alpha value is -2.95. The number of halogens is 5. The Morgan fingerprint density at radius 2 is 2.10 bits per heavy atom. The summed E-state index contributed by atoms with van der Waals surface area (Å²) in [5.74, 6) is -1.95. The highest BCUT2D eigenvalue weighted by Crippen LogP contribution is 2.28. The zero-order chi connectivity index (χ0) is 21.3. The molecular weight excluding hydrogens is 409 g/mol. The summed E-state index contributed by atoms with van der Waals surface area (Å²) in [6, 6.07) is 2.81. The van der Waals surface area contributed by atoms with E-state index in [0.717, 1.165) is 0 Å². The molecule has 1 saturated heterocycles. The fourth-order valence-corrected chi connectivity index (χ4v) is 3.28. The average Bonchev–Trinajstić information content (AvgIpc) is 3.13. The van der Waals surface area contributed by atoms with Crippen LogP contribution in [-0.2, 0) is 0 Å². The van der Waals surface area contributed by atoms with Crippen molar-refractivity contribution in [2.45, 2.75) is 25.1 Å². The third kappa shape index (κ3) is 4.16. The Morgan fingerprint density at radius 3 is 2.87 bits per heavy atom. The van der Waals surface area contributed by atoms with Crippen molar-refractivity contribution in [3.05, 3.63) is 42.2 Å². The van der Waals surface area contributed by atoms with Gasteiger partial charge in [0.05, 0.1) is 17.9 Å². The fourth-order valence-electron chi connectivity index (χ4n) is 3.28. The molecule has 1 fully saturated rings. The number of fused-ring (bicyclic) bond motifs is 1. The molecule has 1 aliphatic heterocycles. The van der Waals surface area contributed by atoms with E-state index in [-0.39, 0.29) is 35.9 Å². The minimum absolute atomic E-state index is 0.175. The first-order valence-corrected chi connectivity index (χ1v) is 9.28. The summed E-state index contributed by atoms with van der Waals surface area (Å²) in [5.41, 5.74) is 0.327. The van der Waals surface area contributed by atoms with E-state index >= 15 is 0 Å². The lowest BCUT2D eigenvalue weighted by Crippen LogP contribution is -2.46. The van der Waals surface area contributed by atoms with E-state index in [1.165, 1.54) is 28.9 Å². The predicted molar refractivity (Wildman–Crippen MR) is 99.6 cm³/mol. The number of nitrogens with one attached hydrogen (secondary N) is 2. The van der Waals surface area contributed by atoms with Crippen molar-refractivity contribution in [1.82, 2.24) is 19.7 Å². The predicted octanol–water partition coefficient (Wildman–Crippen LogP) is 3.43. The van der Waals surface area contributed by atoms with Crippen molar-refractivity contribution in [3.63, 3.8) is 0 Å². The molecule has 0 aromatic carbocycles. The summed E-state index contributed by atoms with van der Waals surface area (Å²) >= 11 is 0. The number of piperidine rings is 1. The van der Waals surface area contributed by atoms with Gasteiger partial charge in [0.25, 0.3) is 6.43 Å². The van der Waals surface area contributed by atoms with Gasteiger partial charge in [-0.15, -0.1) is 0 Å². The second-order valence-electron chi connectivity index (χ2n) is 6.85. The quantitative estimate of drug-likeness (QED) is 0.591.